The molecule has 0 unspecified atom stereocenters. The summed E-state index contributed by atoms with van der Waals surface area (Å²) >= 11 is 0. The SMILES string of the molecule is Cc1ccc(CN(C)C(=O)COC(=O)/C=C/c2ccc3c(c2)OCO3)cc1. The molecule has 0 saturated carbocycles. The van der Waals surface area contributed by atoms with E-state index in [9.17, 15) is 9.59 Å². The predicted molar refractivity (Wildman–Crippen MR) is 100 cm³/mol. The summed E-state index contributed by atoms with van der Waals surface area (Å²) in [7, 11) is 1.68. The Morgan fingerprint density at radius 3 is 2.63 bits per heavy atom. The van der Waals surface area contributed by atoms with E-state index in [4.69, 9.17) is 14.2 Å². The third kappa shape index (κ3) is 5.10. The van der Waals surface area contributed by atoms with Crippen molar-refractivity contribution >= 4 is 18.0 Å². The Bertz CT molecular complexity index is 857. The number of aryl methyl sites for hydroxylation is 1. The molecule has 0 aliphatic carbocycles. The van der Waals surface area contributed by atoms with E-state index in [2.05, 4.69) is 0 Å². The number of likely N-dealkylation sites (N-methyl/N-ethyl adjacent to an activating group) is 1. The highest BCUT2D eigenvalue weighted by atomic mass is 16.7. The standard InChI is InChI=1S/C21H21NO5/c1-15-3-5-17(6-4-15)12-22(2)20(23)13-25-21(24)10-8-16-7-9-18-19(11-16)27-14-26-18/h3-11H,12-14H2,1-2H3/b10-8+. The Hall–Kier alpha value is -3.28. The van der Waals surface area contributed by atoms with Crippen LogP contribution in [0, 0.1) is 6.92 Å². The van der Waals surface area contributed by atoms with Crippen LogP contribution in [0.25, 0.3) is 6.08 Å². The summed E-state index contributed by atoms with van der Waals surface area (Å²) in [6.07, 6.45) is 2.88. The number of hydrogen-bond donors (Lipinski definition) is 0. The molecular formula is C21H21NO5. The molecule has 2 aromatic rings. The van der Waals surface area contributed by atoms with Crippen molar-refractivity contribution in [1.29, 1.82) is 0 Å². The van der Waals surface area contributed by atoms with E-state index >= 15 is 0 Å². The molecule has 0 aromatic heterocycles. The summed E-state index contributed by atoms with van der Waals surface area (Å²) in [6, 6.07) is 13.3. The molecule has 0 fully saturated rings. The number of carbonyl (C=O) groups excluding carboxylic acids is 2. The molecule has 1 heterocycles. The van der Waals surface area contributed by atoms with Crippen LogP contribution in [-0.4, -0.2) is 37.2 Å². The minimum Gasteiger partial charge on any atom is -0.454 e. The Morgan fingerprint density at radius 1 is 1.11 bits per heavy atom. The Morgan fingerprint density at radius 2 is 1.85 bits per heavy atom. The van der Waals surface area contributed by atoms with Crippen molar-refractivity contribution in [3.8, 4) is 11.5 Å². The van der Waals surface area contributed by atoms with E-state index in [1.165, 1.54) is 11.0 Å². The maximum atomic E-state index is 12.1. The van der Waals surface area contributed by atoms with Gasteiger partial charge in [0.15, 0.2) is 18.1 Å². The molecule has 0 atom stereocenters. The number of fused-ring (bicyclic) bond motifs is 1. The normalized spacial score (nSPS) is 12.2. The lowest BCUT2D eigenvalue weighted by atomic mass is 10.1. The summed E-state index contributed by atoms with van der Waals surface area (Å²) < 4.78 is 15.5. The fourth-order valence-electron chi connectivity index (χ4n) is 2.53. The molecular weight excluding hydrogens is 346 g/mol. The zero-order valence-electron chi connectivity index (χ0n) is 15.3. The van der Waals surface area contributed by atoms with Gasteiger partial charge in [-0.05, 0) is 36.3 Å². The molecule has 1 aliphatic heterocycles. The molecule has 0 bridgehead atoms. The number of ether oxygens (including phenoxy) is 3. The summed E-state index contributed by atoms with van der Waals surface area (Å²) in [5.74, 6) is 0.473. The van der Waals surface area contributed by atoms with Gasteiger partial charge in [0.05, 0.1) is 0 Å². The Labute approximate surface area is 158 Å². The van der Waals surface area contributed by atoms with E-state index in [0.717, 1.165) is 16.7 Å². The highest BCUT2D eigenvalue weighted by molar-refractivity contribution is 5.89. The number of carbonyl (C=O) groups is 2. The lowest BCUT2D eigenvalue weighted by Gasteiger charge is -2.17. The molecule has 6 nitrogen and oxygen atoms in total. The van der Waals surface area contributed by atoms with Crippen molar-refractivity contribution in [2.45, 2.75) is 13.5 Å². The average molecular weight is 367 g/mol. The lowest BCUT2D eigenvalue weighted by molar-refractivity contribution is -0.147. The minimum atomic E-state index is -0.579. The Kier molecular flexibility index (Phi) is 5.76. The monoisotopic (exact) mass is 367 g/mol. The van der Waals surface area contributed by atoms with Crippen LogP contribution in [0.15, 0.2) is 48.5 Å². The molecule has 0 saturated heterocycles. The van der Waals surface area contributed by atoms with Crippen molar-refractivity contribution in [3.63, 3.8) is 0 Å². The van der Waals surface area contributed by atoms with Crippen LogP contribution in [0.4, 0.5) is 0 Å². The summed E-state index contributed by atoms with van der Waals surface area (Å²) in [5, 5.41) is 0. The van der Waals surface area contributed by atoms with E-state index in [1.54, 1.807) is 31.3 Å². The zero-order chi connectivity index (χ0) is 19.2. The second-order valence-electron chi connectivity index (χ2n) is 6.29. The molecule has 3 rings (SSSR count). The molecule has 2 aromatic carbocycles. The zero-order valence-corrected chi connectivity index (χ0v) is 15.3. The number of benzene rings is 2. The van der Waals surface area contributed by atoms with Crippen molar-refractivity contribution in [2.24, 2.45) is 0 Å². The number of hydrogen-bond acceptors (Lipinski definition) is 5. The van der Waals surface area contributed by atoms with Crippen molar-refractivity contribution in [3.05, 3.63) is 65.2 Å². The molecule has 6 heteroatoms. The maximum Gasteiger partial charge on any atom is 0.331 e. The lowest BCUT2D eigenvalue weighted by Crippen LogP contribution is -2.30. The van der Waals surface area contributed by atoms with E-state index in [0.29, 0.717) is 18.0 Å². The highest BCUT2D eigenvalue weighted by Crippen LogP contribution is 2.32. The van der Waals surface area contributed by atoms with Crippen molar-refractivity contribution in [1.82, 2.24) is 4.90 Å². The first-order valence-electron chi connectivity index (χ1n) is 8.55. The molecule has 0 radical (unpaired) electrons. The summed E-state index contributed by atoms with van der Waals surface area (Å²) in [6.45, 7) is 2.37. The van der Waals surface area contributed by atoms with E-state index in [1.807, 2.05) is 31.2 Å². The van der Waals surface area contributed by atoms with Gasteiger partial charge in [-0.3, -0.25) is 4.79 Å². The fourth-order valence-corrected chi connectivity index (χ4v) is 2.53. The topological polar surface area (TPSA) is 65.1 Å². The van der Waals surface area contributed by atoms with E-state index < -0.39 is 5.97 Å². The predicted octanol–water partition coefficient (Wildman–Crippen LogP) is 2.94. The van der Waals surface area contributed by atoms with Crippen LogP contribution >= 0.6 is 0 Å². The van der Waals surface area contributed by atoms with Gasteiger partial charge in [0.1, 0.15) is 0 Å². The molecule has 0 spiro atoms. The third-order valence-electron chi connectivity index (χ3n) is 4.11. The van der Waals surface area contributed by atoms with Crippen LogP contribution in [-0.2, 0) is 20.9 Å². The van der Waals surface area contributed by atoms with Gasteiger partial charge in [-0.25, -0.2) is 4.79 Å². The van der Waals surface area contributed by atoms with Crippen LogP contribution in [0.2, 0.25) is 0 Å². The second-order valence-corrected chi connectivity index (χ2v) is 6.29. The average Bonchev–Trinajstić information content (AvgIpc) is 3.14. The van der Waals surface area contributed by atoms with Crippen LogP contribution in [0.3, 0.4) is 0 Å². The summed E-state index contributed by atoms with van der Waals surface area (Å²) in [5.41, 5.74) is 2.96. The minimum absolute atomic E-state index is 0.197. The number of nitrogens with zero attached hydrogens (tertiary/aromatic N) is 1. The van der Waals surface area contributed by atoms with Gasteiger partial charge < -0.3 is 19.1 Å². The maximum absolute atomic E-state index is 12.1. The fraction of sp³-hybridized carbons (Fsp3) is 0.238. The van der Waals surface area contributed by atoms with Gasteiger partial charge in [0.2, 0.25) is 6.79 Å². The van der Waals surface area contributed by atoms with Gasteiger partial charge >= 0.3 is 5.97 Å². The first-order chi connectivity index (χ1) is 13.0. The van der Waals surface area contributed by atoms with Crippen LogP contribution in [0.1, 0.15) is 16.7 Å². The quantitative estimate of drug-likeness (QED) is 0.580. The summed E-state index contributed by atoms with van der Waals surface area (Å²) in [4.78, 5) is 25.5. The second kappa shape index (κ2) is 8.40. The van der Waals surface area contributed by atoms with Crippen LogP contribution in [0.5, 0.6) is 11.5 Å². The number of rotatable bonds is 6. The first kappa shape index (κ1) is 18.5. The molecule has 27 heavy (non-hydrogen) atoms. The Balaban J connectivity index is 1.46. The van der Waals surface area contributed by atoms with Gasteiger partial charge in [-0.15, -0.1) is 0 Å². The highest BCUT2D eigenvalue weighted by Gasteiger charge is 2.13. The van der Waals surface area contributed by atoms with Gasteiger partial charge in [-0.1, -0.05) is 35.9 Å². The number of amides is 1. The van der Waals surface area contributed by atoms with Crippen LogP contribution < -0.4 is 9.47 Å². The van der Waals surface area contributed by atoms with Crippen molar-refractivity contribution in [2.75, 3.05) is 20.4 Å². The van der Waals surface area contributed by atoms with Gasteiger partial charge in [0, 0.05) is 19.7 Å². The smallest absolute Gasteiger partial charge is 0.331 e. The largest absolute Gasteiger partial charge is 0.454 e. The van der Waals surface area contributed by atoms with Crippen molar-refractivity contribution < 1.29 is 23.8 Å². The van der Waals surface area contributed by atoms with Gasteiger partial charge in [-0.2, -0.15) is 0 Å². The molecule has 1 aliphatic rings. The van der Waals surface area contributed by atoms with E-state index in [-0.39, 0.29) is 19.3 Å². The molecule has 140 valence electrons. The molecule has 1 amide bonds. The molecule has 0 N–H and O–H groups in total. The van der Waals surface area contributed by atoms with Gasteiger partial charge in [0.25, 0.3) is 5.91 Å². The number of esters is 1. The first-order valence-corrected chi connectivity index (χ1v) is 8.55. The third-order valence-corrected chi connectivity index (χ3v) is 4.11.